The summed E-state index contributed by atoms with van der Waals surface area (Å²) in [7, 11) is 1.64. The molecule has 0 aliphatic carbocycles. The number of rotatable bonds is 6. The lowest BCUT2D eigenvalue weighted by atomic mass is 10.1. The fourth-order valence-electron chi connectivity index (χ4n) is 5.24. The van der Waals surface area contributed by atoms with Crippen LogP contribution in [0.4, 0.5) is 5.95 Å². The molecule has 2 saturated heterocycles. The Labute approximate surface area is 198 Å². The number of hydrogen-bond acceptors (Lipinski definition) is 6. The molecule has 34 heavy (non-hydrogen) atoms. The van der Waals surface area contributed by atoms with Crippen LogP contribution < -0.4 is 21.5 Å². The zero-order valence-electron chi connectivity index (χ0n) is 19.9. The molecule has 2 fully saturated rings. The van der Waals surface area contributed by atoms with Crippen LogP contribution in [0.1, 0.15) is 31.9 Å². The summed E-state index contributed by atoms with van der Waals surface area (Å²) < 4.78 is 4.50. The van der Waals surface area contributed by atoms with E-state index in [0.717, 1.165) is 42.1 Å². The molecule has 0 saturated carbocycles. The summed E-state index contributed by atoms with van der Waals surface area (Å²) in [5.41, 5.74) is 1.67. The van der Waals surface area contributed by atoms with E-state index in [1.807, 2.05) is 36.6 Å². The standard InChI is InChI=1S/C25H32N6O3/c1-16(2)9-11-30-21-22(27-24(30)29-12-10-18-13-26-14-19(18)29)28(3)25(34)31(23(21)33)15-20(32)17-7-5-4-6-8-17/h4-9,18-20,26,32H,10-15H2,1-3H3. The van der Waals surface area contributed by atoms with Crippen LogP contribution in [0.5, 0.6) is 0 Å². The minimum atomic E-state index is -0.971. The maximum Gasteiger partial charge on any atom is 0.332 e. The Kier molecular flexibility index (Phi) is 5.91. The number of fused-ring (bicyclic) bond motifs is 2. The Morgan fingerprint density at radius 2 is 1.97 bits per heavy atom. The second-order valence-corrected chi connectivity index (χ2v) is 9.63. The van der Waals surface area contributed by atoms with E-state index in [-0.39, 0.29) is 6.54 Å². The van der Waals surface area contributed by atoms with Gasteiger partial charge in [0.2, 0.25) is 5.95 Å². The topological polar surface area (TPSA) is 97.3 Å². The van der Waals surface area contributed by atoms with Gasteiger partial charge in [-0.05, 0) is 31.7 Å². The van der Waals surface area contributed by atoms with Gasteiger partial charge >= 0.3 is 5.69 Å². The third-order valence-corrected chi connectivity index (χ3v) is 7.14. The van der Waals surface area contributed by atoms with E-state index >= 15 is 0 Å². The first-order valence-electron chi connectivity index (χ1n) is 11.9. The van der Waals surface area contributed by atoms with Crippen LogP contribution in [-0.2, 0) is 20.1 Å². The van der Waals surface area contributed by atoms with Crippen molar-refractivity contribution in [2.45, 2.75) is 45.5 Å². The molecule has 2 aromatic heterocycles. The molecule has 9 nitrogen and oxygen atoms in total. The maximum atomic E-state index is 13.7. The highest BCUT2D eigenvalue weighted by molar-refractivity contribution is 5.75. The Hall–Kier alpha value is -3.17. The summed E-state index contributed by atoms with van der Waals surface area (Å²) in [5, 5.41) is 14.2. The van der Waals surface area contributed by atoms with E-state index in [2.05, 4.69) is 16.3 Å². The minimum Gasteiger partial charge on any atom is -0.387 e. The highest BCUT2D eigenvalue weighted by Gasteiger charge is 2.40. The number of aliphatic hydroxyl groups excluding tert-OH is 1. The average Bonchev–Trinajstić information content (AvgIpc) is 3.54. The molecular weight excluding hydrogens is 432 g/mol. The van der Waals surface area contributed by atoms with Crippen LogP contribution in [0.2, 0.25) is 0 Å². The lowest BCUT2D eigenvalue weighted by molar-refractivity contribution is 0.153. The number of aryl methyl sites for hydroxylation is 1. The van der Waals surface area contributed by atoms with E-state index < -0.39 is 17.4 Å². The summed E-state index contributed by atoms with van der Waals surface area (Å²) in [6.45, 7) is 7.19. The second-order valence-electron chi connectivity index (χ2n) is 9.63. The Bertz CT molecular complexity index is 1350. The molecule has 4 heterocycles. The quantitative estimate of drug-likeness (QED) is 0.535. The molecule has 9 heteroatoms. The van der Waals surface area contributed by atoms with Crippen LogP contribution >= 0.6 is 0 Å². The SMILES string of the molecule is CC(C)=CCn1c(N2CCC3CNCC32)nc2c1c(=O)n(CC(O)c1ccccc1)c(=O)n2C. The van der Waals surface area contributed by atoms with Crippen molar-refractivity contribution < 1.29 is 5.11 Å². The van der Waals surface area contributed by atoms with Crippen molar-refractivity contribution in [3.8, 4) is 0 Å². The highest BCUT2D eigenvalue weighted by atomic mass is 16.3. The van der Waals surface area contributed by atoms with Crippen LogP contribution in [-0.4, -0.2) is 49.5 Å². The molecule has 3 atom stereocenters. The van der Waals surface area contributed by atoms with Crippen LogP contribution in [0.3, 0.4) is 0 Å². The number of aliphatic hydroxyl groups is 1. The number of hydrogen-bond donors (Lipinski definition) is 2. The van der Waals surface area contributed by atoms with Gasteiger partial charge in [0, 0.05) is 39.3 Å². The van der Waals surface area contributed by atoms with Crippen LogP contribution in [0, 0.1) is 5.92 Å². The number of imidazole rings is 1. The third-order valence-electron chi connectivity index (χ3n) is 7.14. The van der Waals surface area contributed by atoms with E-state index in [9.17, 15) is 14.7 Å². The maximum absolute atomic E-state index is 13.7. The van der Waals surface area contributed by atoms with Crippen molar-refractivity contribution in [3.63, 3.8) is 0 Å². The van der Waals surface area contributed by atoms with E-state index in [1.165, 1.54) is 4.57 Å². The number of allylic oxidation sites excluding steroid dienone is 2. The molecule has 0 radical (unpaired) electrons. The number of anilines is 1. The largest absolute Gasteiger partial charge is 0.387 e. The lowest BCUT2D eigenvalue weighted by Crippen LogP contribution is -2.41. The minimum absolute atomic E-state index is 0.118. The third kappa shape index (κ3) is 3.78. The summed E-state index contributed by atoms with van der Waals surface area (Å²) in [6.07, 6.45) is 2.18. The molecule has 5 rings (SSSR count). The Balaban J connectivity index is 1.66. The van der Waals surface area contributed by atoms with Crippen molar-refractivity contribution >= 4 is 17.1 Å². The van der Waals surface area contributed by atoms with Crippen molar-refractivity contribution in [1.29, 1.82) is 0 Å². The molecule has 2 aliphatic rings. The van der Waals surface area contributed by atoms with Gasteiger partial charge in [-0.3, -0.25) is 13.9 Å². The molecule has 2 aliphatic heterocycles. The molecule has 0 bridgehead atoms. The lowest BCUT2D eigenvalue weighted by Gasteiger charge is -2.25. The van der Waals surface area contributed by atoms with Gasteiger partial charge in [-0.15, -0.1) is 0 Å². The molecule has 3 aromatic rings. The summed E-state index contributed by atoms with van der Waals surface area (Å²) in [5.74, 6) is 1.30. The van der Waals surface area contributed by atoms with Gasteiger partial charge in [0.15, 0.2) is 11.2 Å². The van der Waals surface area contributed by atoms with Crippen molar-refractivity contribution in [2.75, 3.05) is 24.5 Å². The first-order valence-corrected chi connectivity index (χ1v) is 11.9. The fourth-order valence-corrected chi connectivity index (χ4v) is 5.24. The van der Waals surface area contributed by atoms with Gasteiger partial charge in [-0.2, -0.15) is 4.98 Å². The Morgan fingerprint density at radius 1 is 1.21 bits per heavy atom. The fraction of sp³-hybridized carbons (Fsp3) is 0.480. The van der Waals surface area contributed by atoms with E-state index in [1.54, 1.807) is 19.2 Å². The highest BCUT2D eigenvalue weighted by Crippen LogP contribution is 2.32. The van der Waals surface area contributed by atoms with Crippen molar-refractivity contribution in [1.82, 2.24) is 24.0 Å². The zero-order valence-corrected chi connectivity index (χ0v) is 19.9. The number of benzene rings is 1. The normalized spacial score (nSPS) is 20.6. The molecule has 1 aromatic carbocycles. The molecule has 0 spiro atoms. The Morgan fingerprint density at radius 3 is 2.71 bits per heavy atom. The molecule has 3 unspecified atom stereocenters. The van der Waals surface area contributed by atoms with E-state index in [4.69, 9.17) is 4.98 Å². The van der Waals surface area contributed by atoms with Crippen molar-refractivity contribution in [2.24, 2.45) is 13.0 Å². The number of aromatic nitrogens is 4. The van der Waals surface area contributed by atoms with Gasteiger partial charge < -0.3 is 19.9 Å². The van der Waals surface area contributed by atoms with Gasteiger partial charge in [-0.25, -0.2) is 4.79 Å². The monoisotopic (exact) mass is 464 g/mol. The number of nitrogens with zero attached hydrogens (tertiary/aromatic N) is 5. The molecule has 2 N–H and O–H groups in total. The molecule has 180 valence electrons. The summed E-state index contributed by atoms with van der Waals surface area (Å²) in [6, 6.07) is 9.42. The first-order chi connectivity index (χ1) is 16.4. The molecular formula is C25H32N6O3. The van der Waals surface area contributed by atoms with Gasteiger partial charge in [0.05, 0.1) is 12.6 Å². The summed E-state index contributed by atoms with van der Waals surface area (Å²) >= 11 is 0. The van der Waals surface area contributed by atoms with E-state index in [0.29, 0.717) is 35.2 Å². The average molecular weight is 465 g/mol. The van der Waals surface area contributed by atoms with Gasteiger partial charge in [0.25, 0.3) is 5.56 Å². The predicted octanol–water partition coefficient (Wildman–Crippen LogP) is 1.39. The van der Waals surface area contributed by atoms with Crippen molar-refractivity contribution in [3.05, 3.63) is 68.4 Å². The first kappa shape index (κ1) is 22.6. The second kappa shape index (κ2) is 8.88. The number of nitrogens with one attached hydrogen (secondary N) is 1. The predicted molar refractivity (Wildman–Crippen MR) is 132 cm³/mol. The van der Waals surface area contributed by atoms with Gasteiger partial charge in [0.1, 0.15) is 0 Å². The summed E-state index contributed by atoms with van der Waals surface area (Å²) in [4.78, 5) is 34.0. The molecule has 0 amide bonds. The zero-order chi connectivity index (χ0) is 24.0. The smallest absolute Gasteiger partial charge is 0.332 e. The van der Waals surface area contributed by atoms with Crippen LogP contribution in [0.15, 0.2) is 51.6 Å². The van der Waals surface area contributed by atoms with Gasteiger partial charge in [-0.1, -0.05) is 42.0 Å². The van der Waals surface area contributed by atoms with Crippen LogP contribution in [0.25, 0.3) is 11.2 Å².